The lowest BCUT2D eigenvalue weighted by molar-refractivity contribution is 0.445. The van der Waals surface area contributed by atoms with E-state index < -0.39 is 0 Å². The average Bonchev–Trinajstić information content (AvgIpc) is 2.64. The number of rotatable bonds is 4. The molecular formula is C27H32O. The van der Waals surface area contributed by atoms with Gasteiger partial charge in [0, 0.05) is 16.4 Å². The Morgan fingerprint density at radius 2 is 0.929 bits per heavy atom. The normalized spacial score (nSPS) is 12.2. The van der Waals surface area contributed by atoms with E-state index in [2.05, 4.69) is 102 Å². The number of phenols is 1. The zero-order chi connectivity index (χ0) is 20.7. The number of aromatic hydroxyl groups is 1. The zero-order valence-electron chi connectivity index (χ0n) is 18.2. The second-order valence-corrected chi connectivity index (χ2v) is 9.01. The predicted molar refractivity (Wildman–Crippen MR) is 119 cm³/mol. The summed E-state index contributed by atoms with van der Waals surface area (Å²) in [6, 6.07) is 21.3. The van der Waals surface area contributed by atoms with Crippen molar-refractivity contribution >= 4 is 0 Å². The van der Waals surface area contributed by atoms with Gasteiger partial charge in [0.1, 0.15) is 5.75 Å². The third kappa shape index (κ3) is 3.24. The Labute approximate surface area is 170 Å². The van der Waals surface area contributed by atoms with Crippen LogP contribution < -0.4 is 0 Å². The Morgan fingerprint density at radius 3 is 1.39 bits per heavy atom. The Morgan fingerprint density at radius 1 is 0.536 bits per heavy atom. The van der Waals surface area contributed by atoms with Crippen LogP contribution in [0.3, 0.4) is 0 Å². The van der Waals surface area contributed by atoms with Crippen LogP contribution in [0.25, 0.3) is 0 Å². The first kappa shape index (κ1) is 20.2. The van der Waals surface area contributed by atoms with E-state index in [0.717, 1.165) is 11.1 Å². The topological polar surface area (TPSA) is 20.2 Å². The summed E-state index contributed by atoms with van der Waals surface area (Å²) in [4.78, 5) is 0. The van der Waals surface area contributed by atoms with E-state index in [1.165, 1.54) is 27.8 Å². The molecule has 0 radical (unpaired) electrons. The SMILES string of the molecule is Cc1ccccc1C(C)(C)c1ccc(C(C)(C)c2ccccc2C)c(O)c1C. The molecule has 0 saturated heterocycles. The number of hydrogen-bond donors (Lipinski definition) is 1. The van der Waals surface area contributed by atoms with Gasteiger partial charge in [0.25, 0.3) is 0 Å². The highest BCUT2D eigenvalue weighted by molar-refractivity contribution is 5.56. The molecule has 1 nitrogen and oxygen atoms in total. The van der Waals surface area contributed by atoms with Crippen molar-refractivity contribution in [3.8, 4) is 5.75 Å². The van der Waals surface area contributed by atoms with Crippen LogP contribution in [0.15, 0.2) is 60.7 Å². The lowest BCUT2D eigenvalue weighted by Gasteiger charge is -2.33. The minimum absolute atomic E-state index is 0.182. The lowest BCUT2D eigenvalue weighted by atomic mass is 9.71. The maximum absolute atomic E-state index is 11.2. The Balaban J connectivity index is 2.15. The summed E-state index contributed by atoms with van der Waals surface area (Å²) in [5.74, 6) is 0.410. The van der Waals surface area contributed by atoms with E-state index in [0.29, 0.717) is 5.75 Å². The second-order valence-electron chi connectivity index (χ2n) is 9.01. The van der Waals surface area contributed by atoms with Crippen molar-refractivity contribution in [3.05, 3.63) is 99.6 Å². The molecule has 146 valence electrons. The summed E-state index contributed by atoms with van der Waals surface area (Å²) < 4.78 is 0. The summed E-state index contributed by atoms with van der Waals surface area (Å²) in [6.07, 6.45) is 0. The third-order valence-electron chi connectivity index (χ3n) is 6.41. The number of benzene rings is 3. The second kappa shape index (κ2) is 7.13. The molecule has 3 rings (SSSR count). The quantitative estimate of drug-likeness (QED) is 0.524. The summed E-state index contributed by atoms with van der Waals surface area (Å²) in [6.45, 7) is 15.2. The van der Waals surface area contributed by atoms with Gasteiger partial charge in [-0.15, -0.1) is 0 Å². The van der Waals surface area contributed by atoms with Gasteiger partial charge in [0.2, 0.25) is 0 Å². The molecule has 0 unspecified atom stereocenters. The Bertz CT molecular complexity index is 926. The maximum atomic E-state index is 11.2. The van der Waals surface area contributed by atoms with E-state index in [9.17, 15) is 5.11 Å². The molecule has 0 aliphatic rings. The fourth-order valence-electron chi connectivity index (χ4n) is 4.72. The van der Waals surface area contributed by atoms with Gasteiger partial charge in [0.15, 0.2) is 0 Å². The first-order valence-corrected chi connectivity index (χ1v) is 10.0. The molecule has 1 heteroatoms. The molecule has 0 bridgehead atoms. The summed E-state index contributed by atoms with van der Waals surface area (Å²) in [7, 11) is 0. The zero-order valence-corrected chi connectivity index (χ0v) is 18.2. The van der Waals surface area contributed by atoms with E-state index in [1.54, 1.807) is 0 Å². The van der Waals surface area contributed by atoms with Crippen LogP contribution >= 0.6 is 0 Å². The van der Waals surface area contributed by atoms with Crippen molar-refractivity contribution in [2.75, 3.05) is 0 Å². The minimum atomic E-state index is -0.272. The molecule has 0 heterocycles. The Kier molecular flexibility index (Phi) is 5.14. The highest BCUT2D eigenvalue weighted by Crippen LogP contribution is 2.44. The molecule has 0 spiro atoms. The largest absolute Gasteiger partial charge is 0.507 e. The summed E-state index contributed by atoms with van der Waals surface area (Å²) in [5, 5.41) is 11.2. The standard InChI is InChI=1S/C27H32O/c1-18-12-8-10-14-21(18)26(4,5)23-16-17-24(25(28)20(23)3)27(6,7)22-15-11-9-13-19(22)2/h8-17,28H,1-7H3. The molecule has 0 fully saturated rings. The maximum Gasteiger partial charge on any atom is 0.122 e. The Hall–Kier alpha value is -2.54. The van der Waals surface area contributed by atoms with E-state index in [4.69, 9.17) is 0 Å². The van der Waals surface area contributed by atoms with Gasteiger partial charge < -0.3 is 5.11 Å². The van der Waals surface area contributed by atoms with Crippen molar-refractivity contribution in [2.45, 2.75) is 59.3 Å². The predicted octanol–water partition coefficient (Wildman–Crippen LogP) is 6.97. The number of aryl methyl sites for hydroxylation is 2. The smallest absolute Gasteiger partial charge is 0.122 e. The van der Waals surface area contributed by atoms with Crippen LogP contribution in [0.1, 0.15) is 66.6 Å². The van der Waals surface area contributed by atoms with Crippen LogP contribution in [0, 0.1) is 20.8 Å². The molecule has 0 amide bonds. The highest BCUT2D eigenvalue weighted by atomic mass is 16.3. The summed E-state index contributed by atoms with van der Waals surface area (Å²) in [5.41, 5.74) is 7.72. The van der Waals surface area contributed by atoms with Gasteiger partial charge in [-0.1, -0.05) is 88.4 Å². The van der Waals surface area contributed by atoms with Gasteiger partial charge in [-0.3, -0.25) is 0 Å². The monoisotopic (exact) mass is 372 g/mol. The van der Waals surface area contributed by atoms with Crippen molar-refractivity contribution in [1.29, 1.82) is 0 Å². The molecule has 0 aliphatic carbocycles. The fraction of sp³-hybridized carbons (Fsp3) is 0.333. The average molecular weight is 373 g/mol. The molecule has 3 aromatic carbocycles. The molecule has 0 atom stereocenters. The van der Waals surface area contributed by atoms with Gasteiger partial charge in [-0.05, 0) is 54.2 Å². The van der Waals surface area contributed by atoms with Crippen molar-refractivity contribution in [2.24, 2.45) is 0 Å². The van der Waals surface area contributed by atoms with Gasteiger partial charge in [-0.2, -0.15) is 0 Å². The van der Waals surface area contributed by atoms with Crippen molar-refractivity contribution < 1.29 is 5.11 Å². The van der Waals surface area contributed by atoms with E-state index >= 15 is 0 Å². The van der Waals surface area contributed by atoms with Crippen LogP contribution in [-0.2, 0) is 10.8 Å². The molecule has 1 N–H and O–H groups in total. The third-order valence-corrected chi connectivity index (χ3v) is 6.41. The number of hydrogen-bond acceptors (Lipinski definition) is 1. The van der Waals surface area contributed by atoms with Crippen LogP contribution in [0.2, 0.25) is 0 Å². The fourth-order valence-corrected chi connectivity index (χ4v) is 4.72. The van der Waals surface area contributed by atoms with Gasteiger partial charge in [-0.25, -0.2) is 0 Å². The van der Waals surface area contributed by atoms with Crippen LogP contribution in [0.5, 0.6) is 5.75 Å². The van der Waals surface area contributed by atoms with Gasteiger partial charge in [0.05, 0.1) is 0 Å². The first-order valence-electron chi connectivity index (χ1n) is 10.0. The van der Waals surface area contributed by atoms with Gasteiger partial charge >= 0.3 is 0 Å². The molecule has 0 aliphatic heterocycles. The molecule has 0 aromatic heterocycles. The van der Waals surface area contributed by atoms with E-state index in [1.807, 2.05) is 6.92 Å². The highest BCUT2D eigenvalue weighted by Gasteiger charge is 2.32. The van der Waals surface area contributed by atoms with Crippen LogP contribution in [0.4, 0.5) is 0 Å². The van der Waals surface area contributed by atoms with Crippen LogP contribution in [-0.4, -0.2) is 5.11 Å². The first-order chi connectivity index (χ1) is 13.1. The summed E-state index contributed by atoms with van der Waals surface area (Å²) >= 11 is 0. The van der Waals surface area contributed by atoms with Crippen molar-refractivity contribution in [3.63, 3.8) is 0 Å². The molecule has 3 aromatic rings. The number of phenolic OH excluding ortho intramolecular Hbond substituents is 1. The van der Waals surface area contributed by atoms with E-state index in [-0.39, 0.29) is 10.8 Å². The van der Waals surface area contributed by atoms with Crippen molar-refractivity contribution in [1.82, 2.24) is 0 Å². The molecular weight excluding hydrogens is 340 g/mol. The lowest BCUT2D eigenvalue weighted by Crippen LogP contribution is -2.24. The minimum Gasteiger partial charge on any atom is -0.507 e. The molecule has 0 saturated carbocycles. The molecule has 28 heavy (non-hydrogen) atoms.